The van der Waals surface area contributed by atoms with Crippen molar-refractivity contribution in [3.8, 4) is 11.5 Å². The minimum absolute atomic E-state index is 0.143. The number of fused-ring (bicyclic) bond motifs is 1. The summed E-state index contributed by atoms with van der Waals surface area (Å²) < 4.78 is 25.3. The minimum atomic E-state index is -0.469. The first-order valence-electron chi connectivity index (χ1n) is 8.87. The van der Waals surface area contributed by atoms with E-state index in [4.69, 9.17) is 9.47 Å². The Bertz CT molecular complexity index is 901. The van der Waals surface area contributed by atoms with Crippen molar-refractivity contribution >= 4 is 17.5 Å². The van der Waals surface area contributed by atoms with Crippen LogP contribution in [0.2, 0.25) is 0 Å². The number of likely N-dealkylation sites (N-methyl/N-ethyl adjacent to an activating group) is 1. The fourth-order valence-electron chi connectivity index (χ4n) is 2.97. The van der Waals surface area contributed by atoms with Gasteiger partial charge in [0.1, 0.15) is 5.82 Å². The maximum Gasteiger partial charge on any atom is 0.257 e. The van der Waals surface area contributed by atoms with Crippen LogP contribution in [-0.4, -0.2) is 39.1 Å². The van der Waals surface area contributed by atoms with Gasteiger partial charge < -0.3 is 25.4 Å². The van der Waals surface area contributed by atoms with Crippen LogP contribution >= 0.6 is 0 Å². The number of benzene rings is 2. The highest BCUT2D eigenvalue weighted by Crippen LogP contribution is 2.29. The first-order chi connectivity index (χ1) is 13.5. The number of nitrogens with one attached hydrogen (secondary N) is 3. The first-order valence-corrected chi connectivity index (χ1v) is 8.87. The van der Waals surface area contributed by atoms with Crippen molar-refractivity contribution in [1.29, 1.82) is 0 Å². The third kappa shape index (κ3) is 4.23. The van der Waals surface area contributed by atoms with Crippen LogP contribution in [0.3, 0.4) is 0 Å². The summed E-state index contributed by atoms with van der Waals surface area (Å²) in [6.07, 6.45) is 0.579. The summed E-state index contributed by atoms with van der Waals surface area (Å²) in [5.41, 5.74) is 1.96. The second-order valence-corrected chi connectivity index (χ2v) is 6.27. The molecular formula is C20H22FN3O4. The number of halogens is 1. The second kappa shape index (κ2) is 8.71. The predicted molar refractivity (Wildman–Crippen MR) is 102 cm³/mol. The van der Waals surface area contributed by atoms with Crippen LogP contribution in [0, 0.1) is 5.82 Å². The summed E-state index contributed by atoms with van der Waals surface area (Å²) in [7, 11) is 2.94. The molecule has 8 heteroatoms. The Morgan fingerprint density at radius 2 is 2.04 bits per heavy atom. The van der Waals surface area contributed by atoms with E-state index in [0.717, 1.165) is 5.56 Å². The van der Waals surface area contributed by atoms with Crippen LogP contribution < -0.4 is 25.4 Å². The predicted octanol–water partition coefficient (Wildman–Crippen LogP) is 1.86. The van der Waals surface area contributed by atoms with Gasteiger partial charge in [0, 0.05) is 19.2 Å². The van der Waals surface area contributed by atoms with Gasteiger partial charge >= 0.3 is 0 Å². The molecule has 2 amide bonds. The fraction of sp³-hybridized carbons (Fsp3) is 0.300. The number of carbonyl (C=O) groups is 2. The van der Waals surface area contributed by atoms with Gasteiger partial charge in [-0.1, -0.05) is 6.07 Å². The monoisotopic (exact) mass is 387 g/mol. The molecule has 0 fully saturated rings. The topological polar surface area (TPSA) is 88.7 Å². The minimum Gasteiger partial charge on any atom is -0.493 e. The van der Waals surface area contributed by atoms with Gasteiger partial charge in [0.2, 0.25) is 0 Å². The average Bonchev–Trinajstić information content (AvgIpc) is 2.73. The average molecular weight is 387 g/mol. The van der Waals surface area contributed by atoms with Crippen LogP contribution in [-0.2, 0) is 17.8 Å². The summed E-state index contributed by atoms with van der Waals surface area (Å²) in [5.74, 6) is -0.528. The smallest absolute Gasteiger partial charge is 0.257 e. The number of ether oxygens (including phenoxy) is 2. The number of carbonyl (C=O) groups excluding carboxylic acids is 2. The molecule has 0 bridgehead atoms. The lowest BCUT2D eigenvalue weighted by molar-refractivity contribution is -0.122. The lowest BCUT2D eigenvalue weighted by Crippen LogP contribution is -2.25. The molecule has 1 aliphatic heterocycles. The zero-order chi connectivity index (χ0) is 20.1. The van der Waals surface area contributed by atoms with Crippen molar-refractivity contribution in [2.24, 2.45) is 0 Å². The number of rotatable bonds is 6. The van der Waals surface area contributed by atoms with Gasteiger partial charge in [-0.25, -0.2) is 4.39 Å². The molecule has 0 aliphatic carbocycles. The van der Waals surface area contributed by atoms with E-state index in [0.29, 0.717) is 36.6 Å². The largest absolute Gasteiger partial charge is 0.493 e. The van der Waals surface area contributed by atoms with Gasteiger partial charge in [0.15, 0.2) is 18.1 Å². The Balaban J connectivity index is 1.76. The molecule has 0 saturated carbocycles. The third-order valence-electron chi connectivity index (χ3n) is 4.52. The standard InChI is InChI=1S/C20H22FN3O4/c1-22-18(25)11-28-16-6-4-12(9-17(16)27-2)20(26)24-15-5-3-13-10-23-8-7-14(13)19(15)21/h3-6,9,23H,7-8,10-11H2,1-2H3,(H,22,25)(H,24,26). The lowest BCUT2D eigenvalue weighted by atomic mass is 9.99. The van der Waals surface area contributed by atoms with Gasteiger partial charge in [-0.3, -0.25) is 9.59 Å². The van der Waals surface area contributed by atoms with Crippen LogP contribution in [0.5, 0.6) is 11.5 Å². The Hall–Kier alpha value is -3.13. The van der Waals surface area contributed by atoms with E-state index in [1.165, 1.54) is 32.4 Å². The number of hydrogen-bond donors (Lipinski definition) is 3. The summed E-state index contributed by atoms with van der Waals surface area (Å²) >= 11 is 0. The first kappa shape index (κ1) is 19.6. The normalized spacial score (nSPS) is 12.7. The van der Waals surface area contributed by atoms with Crippen LogP contribution in [0.4, 0.5) is 10.1 Å². The highest BCUT2D eigenvalue weighted by Gasteiger charge is 2.19. The Kier molecular flexibility index (Phi) is 6.10. The Morgan fingerprint density at radius 3 is 2.79 bits per heavy atom. The highest BCUT2D eigenvalue weighted by atomic mass is 19.1. The van der Waals surface area contributed by atoms with Crippen molar-refractivity contribution in [2.45, 2.75) is 13.0 Å². The lowest BCUT2D eigenvalue weighted by Gasteiger charge is -2.19. The van der Waals surface area contributed by atoms with E-state index >= 15 is 0 Å². The van der Waals surface area contributed by atoms with Gasteiger partial charge in [-0.2, -0.15) is 0 Å². The van der Waals surface area contributed by atoms with Gasteiger partial charge in [-0.15, -0.1) is 0 Å². The number of hydrogen-bond acceptors (Lipinski definition) is 5. The Morgan fingerprint density at radius 1 is 1.21 bits per heavy atom. The number of anilines is 1. The van der Waals surface area contributed by atoms with Gasteiger partial charge in [0.25, 0.3) is 11.8 Å². The maximum absolute atomic E-state index is 14.7. The quantitative estimate of drug-likeness (QED) is 0.704. The molecule has 3 rings (SSSR count). The molecule has 0 radical (unpaired) electrons. The highest BCUT2D eigenvalue weighted by molar-refractivity contribution is 6.04. The molecule has 148 valence electrons. The van der Waals surface area contributed by atoms with Crippen LogP contribution in [0.1, 0.15) is 21.5 Å². The van der Waals surface area contributed by atoms with Gasteiger partial charge in [0.05, 0.1) is 12.8 Å². The summed E-state index contributed by atoms with van der Waals surface area (Å²) in [6.45, 7) is 1.15. The molecule has 2 aromatic rings. The molecule has 3 N–H and O–H groups in total. The second-order valence-electron chi connectivity index (χ2n) is 6.27. The van der Waals surface area contributed by atoms with E-state index in [1.54, 1.807) is 6.07 Å². The van der Waals surface area contributed by atoms with E-state index in [-0.39, 0.29) is 23.8 Å². The summed E-state index contributed by atoms with van der Waals surface area (Å²) in [6, 6.07) is 7.92. The van der Waals surface area contributed by atoms with Crippen molar-refractivity contribution in [2.75, 3.05) is 32.6 Å². The number of amides is 2. The molecule has 1 aliphatic rings. The molecule has 0 aromatic heterocycles. The fourth-order valence-corrected chi connectivity index (χ4v) is 2.97. The zero-order valence-corrected chi connectivity index (χ0v) is 15.7. The zero-order valence-electron chi connectivity index (χ0n) is 15.7. The van der Waals surface area contributed by atoms with E-state index in [9.17, 15) is 14.0 Å². The molecule has 2 aromatic carbocycles. The van der Waals surface area contributed by atoms with Gasteiger partial charge in [-0.05, 0) is 48.4 Å². The molecule has 0 saturated heterocycles. The summed E-state index contributed by atoms with van der Waals surface area (Å²) in [4.78, 5) is 23.9. The van der Waals surface area contributed by atoms with E-state index in [1.807, 2.05) is 6.07 Å². The molecule has 0 spiro atoms. The maximum atomic E-state index is 14.7. The van der Waals surface area contributed by atoms with Crippen molar-refractivity contribution < 1.29 is 23.5 Å². The van der Waals surface area contributed by atoms with Crippen molar-refractivity contribution in [3.63, 3.8) is 0 Å². The number of methoxy groups -OCH3 is 1. The SMILES string of the molecule is CNC(=O)COc1ccc(C(=O)Nc2ccc3c(c2F)CCNC3)cc1OC. The molecular weight excluding hydrogens is 365 g/mol. The molecule has 1 heterocycles. The molecule has 28 heavy (non-hydrogen) atoms. The van der Waals surface area contributed by atoms with Crippen molar-refractivity contribution in [1.82, 2.24) is 10.6 Å². The van der Waals surface area contributed by atoms with E-state index in [2.05, 4.69) is 16.0 Å². The van der Waals surface area contributed by atoms with Crippen LogP contribution in [0.15, 0.2) is 30.3 Å². The summed E-state index contributed by atoms with van der Waals surface area (Å²) in [5, 5.41) is 8.25. The molecule has 0 atom stereocenters. The van der Waals surface area contributed by atoms with Crippen molar-refractivity contribution in [3.05, 3.63) is 52.8 Å². The van der Waals surface area contributed by atoms with E-state index < -0.39 is 11.7 Å². The molecule has 0 unspecified atom stereocenters. The van der Waals surface area contributed by atoms with Crippen LogP contribution in [0.25, 0.3) is 0 Å². The third-order valence-corrected chi connectivity index (χ3v) is 4.52. The molecule has 7 nitrogen and oxygen atoms in total. The Labute approximate surface area is 162 Å².